The van der Waals surface area contributed by atoms with Crippen molar-refractivity contribution >= 4 is 0 Å². The first-order chi connectivity index (χ1) is 6.99. The quantitative estimate of drug-likeness (QED) is 0.813. The van der Waals surface area contributed by atoms with Gasteiger partial charge in [-0.1, -0.05) is 12.1 Å². The average molecular weight is 218 g/mol. The fourth-order valence-corrected chi connectivity index (χ4v) is 1.33. The zero-order chi connectivity index (χ0) is 11.5. The minimum Gasteiger partial charge on any atom is -0.329 e. The largest absolute Gasteiger partial charge is 0.416 e. The molecule has 1 rings (SSSR count). The zero-order valence-electron chi connectivity index (χ0n) is 8.31. The summed E-state index contributed by atoms with van der Waals surface area (Å²) in [5.41, 5.74) is 5.57. The fourth-order valence-electron chi connectivity index (χ4n) is 1.33. The number of hydrogen-bond donors (Lipinski definition) is 2. The zero-order valence-corrected chi connectivity index (χ0v) is 8.31. The summed E-state index contributed by atoms with van der Waals surface area (Å²) in [6, 6.07) is 4.91. The molecule has 15 heavy (non-hydrogen) atoms. The molecule has 0 amide bonds. The van der Waals surface area contributed by atoms with Crippen molar-refractivity contribution in [3.63, 3.8) is 0 Å². The van der Waals surface area contributed by atoms with Crippen molar-refractivity contribution in [1.29, 1.82) is 0 Å². The molecular weight excluding hydrogens is 205 g/mol. The topological polar surface area (TPSA) is 38.0 Å². The number of nitrogens with one attached hydrogen (secondary N) is 1. The molecule has 1 aromatic rings. The smallest absolute Gasteiger partial charge is 0.329 e. The number of rotatable bonds is 3. The summed E-state index contributed by atoms with van der Waals surface area (Å²) in [4.78, 5) is 0. The van der Waals surface area contributed by atoms with Gasteiger partial charge in [-0.3, -0.25) is 0 Å². The lowest BCUT2D eigenvalue weighted by molar-refractivity contribution is -0.137. The van der Waals surface area contributed by atoms with E-state index < -0.39 is 11.7 Å². The summed E-state index contributed by atoms with van der Waals surface area (Å²) in [5, 5.41) is 2.92. The number of alkyl halides is 3. The average Bonchev–Trinajstić information content (AvgIpc) is 2.19. The molecule has 2 nitrogen and oxygen atoms in total. The van der Waals surface area contributed by atoms with Crippen molar-refractivity contribution in [2.75, 3.05) is 13.6 Å². The van der Waals surface area contributed by atoms with Crippen molar-refractivity contribution < 1.29 is 13.2 Å². The van der Waals surface area contributed by atoms with Gasteiger partial charge in [0, 0.05) is 12.6 Å². The van der Waals surface area contributed by atoms with Crippen molar-refractivity contribution in [2.24, 2.45) is 5.73 Å². The minimum atomic E-state index is -4.28. The molecule has 0 saturated carbocycles. The van der Waals surface area contributed by atoms with Crippen LogP contribution in [0.25, 0.3) is 0 Å². The summed E-state index contributed by atoms with van der Waals surface area (Å²) in [5.74, 6) is 0. The van der Waals surface area contributed by atoms with Crippen molar-refractivity contribution in [1.82, 2.24) is 5.32 Å². The fraction of sp³-hybridized carbons (Fsp3) is 0.400. The van der Waals surface area contributed by atoms with Crippen molar-refractivity contribution in [3.05, 3.63) is 35.4 Å². The first-order valence-electron chi connectivity index (χ1n) is 4.53. The second-order valence-electron chi connectivity index (χ2n) is 3.20. The van der Waals surface area contributed by atoms with Crippen molar-refractivity contribution in [2.45, 2.75) is 12.2 Å². The van der Waals surface area contributed by atoms with Gasteiger partial charge < -0.3 is 11.1 Å². The van der Waals surface area contributed by atoms with E-state index >= 15 is 0 Å². The van der Waals surface area contributed by atoms with Crippen LogP contribution in [0, 0.1) is 0 Å². The first-order valence-corrected chi connectivity index (χ1v) is 4.53. The van der Waals surface area contributed by atoms with Gasteiger partial charge in [-0.15, -0.1) is 0 Å². The van der Waals surface area contributed by atoms with Crippen LogP contribution < -0.4 is 11.1 Å². The van der Waals surface area contributed by atoms with E-state index in [-0.39, 0.29) is 6.04 Å². The summed E-state index contributed by atoms with van der Waals surface area (Å²) in [7, 11) is 1.72. The van der Waals surface area contributed by atoms with Gasteiger partial charge >= 0.3 is 6.18 Å². The maximum Gasteiger partial charge on any atom is 0.416 e. The van der Waals surface area contributed by atoms with Crippen LogP contribution in [0.2, 0.25) is 0 Å². The van der Waals surface area contributed by atoms with Crippen LogP contribution in [-0.2, 0) is 6.18 Å². The summed E-state index contributed by atoms with van der Waals surface area (Å²) >= 11 is 0. The summed E-state index contributed by atoms with van der Waals surface area (Å²) < 4.78 is 36.7. The third-order valence-electron chi connectivity index (χ3n) is 2.22. The summed E-state index contributed by atoms with van der Waals surface area (Å²) in [6.07, 6.45) is -4.28. The van der Waals surface area contributed by atoms with Crippen LogP contribution in [0.5, 0.6) is 0 Å². The van der Waals surface area contributed by atoms with E-state index in [2.05, 4.69) is 5.32 Å². The Kier molecular flexibility index (Phi) is 3.71. The highest BCUT2D eigenvalue weighted by molar-refractivity contribution is 5.26. The third-order valence-corrected chi connectivity index (χ3v) is 2.22. The monoisotopic (exact) mass is 218 g/mol. The Hall–Kier alpha value is -1.07. The van der Waals surface area contributed by atoms with E-state index in [0.29, 0.717) is 6.54 Å². The molecule has 5 heteroatoms. The molecule has 0 heterocycles. The van der Waals surface area contributed by atoms with E-state index in [0.717, 1.165) is 17.7 Å². The SMILES string of the molecule is CN[C@@H](CN)c1ccc(C(F)(F)F)cc1. The first kappa shape index (κ1) is 12.0. The lowest BCUT2D eigenvalue weighted by Crippen LogP contribution is -2.24. The number of benzene rings is 1. The Balaban J connectivity index is 2.89. The molecule has 0 aromatic heterocycles. The van der Waals surface area contributed by atoms with Gasteiger partial charge in [0.15, 0.2) is 0 Å². The molecule has 0 aliphatic rings. The van der Waals surface area contributed by atoms with Crippen LogP contribution in [0.4, 0.5) is 13.2 Å². The van der Waals surface area contributed by atoms with Crippen LogP contribution in [0.1, 0.15) is 17.2 Å². The highest BCUT2D eigenvalue weighted by Gasteiger charge is 2.30. The van der Waals surface area contributed by atoms with Crippen LogP contribution >= 0.6 is 0 Å². The van der Waals surface area contributed by atoms with Gasteiger partial charge in [-0.25, -0.2) is 0 Å². The molecule has 0 fully saturated rings. The van der Waals surface area contributed by atoms with E-state index in [1.807, 2.05) is 0 Å². The van der Waals surface area contributed by atoms with E-state index in [1.165, 1.54) is 12.1 Å². The molecule has 1 aromatic carbocycles. The van der Waals surface area contributed by atoms with Crippen LogP contribution in [-0.4, -0.2) is 13.6 Å². The molecule has 0 aliphatic carbocycles. The number of likely N-dealkylation sites (N-methyl/N-ethyl adjacent to an activating group) is 1. The van der Waals surface area contributed by atoms with Gasteiger partial charge in [0.05, 0.1) is 5.56 Å². The van der Waals surface area contributed by atoms with Gasteiger partial charge in [0.2, 0.25) is 0 Å². The molecule has 0 unspecified atom stereocenters. The third kappa shape index (κ3) is 2.94. The summed E-state index contributed by atoms with van der Waals surface area (Å²) in [6.45, 7) is 0.349. The Morgan fingerprint density at radius 2 is 1.80 bits per heavy atom. The Labute approximate surface area is 86.3 Å². The van der Waals surface area contributed by atoms with Crippen LogP contribution in [0.15, 0.2) is 24.3 Å². The number of hydrogen-bond acceptors (Lipinski definition) is 2. The molecule has 1 atom stereocenters. The van der Waals surface area contributed by atoms with E-state index in [1.54, 1.807) is 7.05 Å². The molecule has 0 saturated heterocycles. The second kappa shape index (κ2) is 4.63. The Morgan fingerprint density at radius 1 is 1.27 bits per heavy atom. The van der Waals surface area contributed by atoms with Crippen LogP contribution in [0.3, 0.4) is 0 Å². The maximum absolute atomic E-state index is 12.2. The van der Waals surface area contributed by atoms with Gasteiger partial charge in [-0.05, 0) is 24.7 Å². The second-order valence-corrected chi connectivity index (χ2v) is 3.20. The van der Waals surface area contributed by atoms with E-state index in [4.69, 9.17) is 5.73 Å². The molecule has 0 bridgehead atoms. The Morgan fingerprint density at radius 3 is 2.13 bits per heavy atom. The molecule has 0 radical (unpaired) electrons. The lowest BCUT2D eigenvalue weighted by atomic mass is 10.0. The van der Waals surface area contributed by atoms with Gasteiger partial charge in [-0.2, -0.15) is 13.2 Å². The maximum atomic E-state index is 12.2. The number of halogens is 3. The standard InChI is InChI=1S/C10H13F3N2/c1-15-9(6-14)7-2-4-8(5-3-7)10(11,12)13/h2-5,9,15H,6,14H2,1H3/t9-/m0/s1. The van der Waals surface area contributed by atoms with Gasteiger partial charge in [0.25, 0.3) is 0 Å². The molecule has 3 N–H and O–H groups in total. The number of nitrogens with two attached hydrogens (primary N) is 1. The molecule has 0 aliphatic heterocycles. The van der Waals surface area contributed by atoms with Crippen molar-refractivity contribution in [3.8, 4) is 0 Å². The van der Waals surface area contributed by atoms with E-state index in [9.17, 15) is 13.2 Å². The normalized spacial score (nSPS) is 13.9. The molecule has 0 spiro atoms. The highest BCUT2D eigenvalue weighted by Crippen LogP contribution is 2.29. The molecule has 84 valence electrons. The minimum absolute atomic E-state index is 0.104. The highest BCUT2D eigenvalue weighted by atomic mass is 19.4. The van der Waals surface area contributed by atoms with Gasteiger partial charge in [0.1, 0.15) is 0 Å². The molecular formula is C10H13F3N2. The predicted octanol–water partition coefficient (Wildman–Crippen LogP) is 1.92. The lowest BCUT2D eigenvalue weighted by Gasteiger charge is -2.15. The Bertz CT molecular complexity index is 301. The predicted molar refractivity (Wildman–Crippen MR) is 52.3 cm³/mol.